The van der Waals surface area contributed by atoms with Crippen LogP contribution in [0.15, 0.2) is 59.6 Å². The van der Waals surface area contributed by atoms with Gasteiger partial charge in [0.05, 0.1) is 36.5 Å². The average molecular weight is 434 g/mol. The van der Waals surface area contributed by atoms with E-state index in [2.05, 4.69) is 14.3 Å². The zero-order chi connectivity index (χ0) is 20.4. The van der Waals surface area contributed by atoms with Gasteiger partial charge >= 0.3 is 0 Å². The summed E-state index contributed by atoms with van der Waals surface area (Å²) < 4.78 is 40.6. The van der Waals surface area contributed by atoms with Crippen LogP contribution in [0.4, 0.5) is 0 Å². The number of halogens is 1. The van der Waals surface area contributed by atoms with E-state index in [1.54, 1.807) is 18.3 Å². The number of hydrogen-bond donors (Lipinski definition) is 1. The molecule has 0 fully saturated rings. The van der Waals surface area contributed by atoms with Gasteiger partial charge in [-0.05, 0) is 42.0 Å². The molecule has 29 heavy (non-hydrogen) atoms. The molecule has 1 N–H and O–H groups in total. The second kappa shape index (κ2) is 8.16. The zero-order valence-electron chi connectivity index (χ0n) is 15.7. The quantitative estimate of drug-likeness (QED) is 0.646. The molecule has 0 bridgehead atoms. The second-order valence-electron chi connectivity index (χ2n) is 6.64. The lowest BCUT2D eigenvalue weighted by molar-refractivity contribution is 0.00634. The summed E-state index contributed by atoms with van der Waals surface area (Å²) in [5, 5.41) is 0.668. The molecule has 1 aliphatic heterocycles. The molecule has 0 spiro atoms. The van der Waals surface area contributed by atoms with E-state index in [9.17, 15) is 8.42 Å². The third-order valence-corrected chi connectivity index (χ3v) is 6.47. The molecule has 4 rings (SSSR count). The molecule has 0 unspecified atom stereocenters. The minimum Gasteiger partial charge on any atom is -0.497 e. The van der Waals surface area contributed by atoms with Gasteiger partial charge in [-0.15, -0.1) is 0 Å². The van der Waals surface area contributed by atoms with Gasteiger partial charge in [0.1, 0.15) is 18.2 Å². The highest BCUT2D eigenvalue weighted by Crippen LogP contribution is 2.26. The first kappa shape index (κ1) is 19.9. The number of sulfonamides is 1. The molecule has 3 aromatic rings. The van der Waals surface area contributed by atoms with Crippen molar-refractivity contribution in [3.8, 4) is 17.0 Å². The first-order valence-electron chi connectivity index (χ1n) is 9.02. The average Bonchev–Trinajstić information content (AvgIpc) is 3.16. The summed E-state index contributed by atoms with van der Waals surface area (Å²) in [6.07, 6.45) is 1.49. The van der Waals surface area contributed by atoms with Gasteiger partial charge in [0, 0.05) is 11.6 Å². The van der Waals surface area contributed by atoms with Crippen LogP contribution in [0, 0.1) is 0 Å². The minimum atomic E-state index is -3.64. The Hall–Kier alpha value is -2.39. The number of methoxy groups -OCH3 is 1. The van der Waals surface area contributed by atoms with Crippen LogP contribution in [0.25, 0.3) is 11.3 Å². The van der Waals surface area contributed by atoms with Crippen molar-refractivity contribution in [2.24, 2.45) is 0 Å². The van der Waals surface area contributed by atoms with E-state index in [0.29, 0.717) is 23.9 Å². The molecule has 1 atom stereocenters. The highest BCUT2D eigenvalue weighted by Gasteiger charge is 2.25. The number of rotatable bonds is 6. The standard InChI is InChI=1S/C20H20ClN3O4S/c1-27-16-6-8-18(9-7-16)29(25,26)23-10-17-12-24-19(11-22-20(24)13-28-17)14-2-4-15(21)5-3-14/h2-9,11,17,23H,10,12-13H2,1H3/t17-/m0/s1. The summed E-state index contributed by atoms with van der Waals surface area (Å²) in [7, 11) is -2.11. The van der Waals surface area contributed by atoms with Crippen LogP contribution in [-0.4, -0.2) is 37.7 Å². The number of benzene rings is 2. The van der Waals surface area contributed by atoms with Gasteiger partial charge in [-0.25, -0.2) is 18.1 Å². The highest BCUT2D eigenvalue weighted by molar-refractivity contribution is 7.89. The van der Waals surface area contributed by atoms with Crippen molar-refractivity contribution in [2.75, 3.05) is 13.7 Å². The molecule has 1 aliphatic rings. The van der Waals surface area contributed by atoms with E-state index < -0.39 is 10.0 Å². The smallest absolute Gasteiger partial charge is 0.240 e. The summed E-state index contributed by atoms with van der Waals surface area (Å²) in [5.41, 5.74) is 1.94. The van der Waals surface area contributed by atoms with Crippen LogP contribution in [0.3, 0.4) is 0 Å². The summed E-state index contributed by atoms with van der Waals surface area (Å²) in [5.74, 6) is 1.41. The molecule has 0 radical (unpaired) electrons. The number of imidazole rings is 1. The van der Waals surface area contributed by atoms with E-state index >= 15 is 0 Å². The molecular weight excluding hydrogens is 414 g/mol. The molecule has 0 amide bonds. The van der Waals surface area contributed by atoms with Crippen LogP contribution in [0.2, 0.25) is 5.02 Å². The first-order chi connectivity index (χ1) is 14.0. The Morgan fingerprint density at radius 1 is 1.21 bits per heavy atom. The normalized spacial score (nSPS) is 16.4. The molecule has 2 heterocycles. The Bertz CT molecular complexity index is 1100. The van der Waals surface area contributed by atoms with Gasteiger partial charge < -0.3 is 14.0 Å². The van der Waals surface area contributed by atoms with E-state index in [1.807, 2.05) is 24.3 Å². The van der Waals surface area contributed by atoms with Crippen molar-refractivity contribution < 1.29 is 17.9 Å². The van der Waals surface area contributed by atoms with Gasteiger partial charge in [-0.3, -0.25) is 0 Å². The van der Waals surface area contributed by atoms with Gasteiger partial charge in [-0.2, -0.15) is 0 Å². The van der Waals surface area contributed by atoms with Crippen LogP contribution in [-0.2, 0) is 27.9 Å². The van der Waals surface area contributed by atoms with Crippen LogP contribution >= 0.6 is 11.6 Å². The Labute approximate surface area is 174 Å². The molecule has 1 aromatic heterocycles. The maximum absolute atomic E-state index is 12.6. The van der Waals surface area contributed by atoms with Gasteiger partial charge in [0.2, 0.25) is 10.0 Å². The Morgan fingerprint density at radius 2 is 1.93 bits per heavy atom. The predicted molar refractivity (Wildman–Crippen MR) is 109 cm³/mol. The summed E-state index contributed by atoms with van der Waals surface area (Å²) in [6.45, 7) is 0.979. The molecule has 9 heteroatoms. The van der Waals surface area contributed by atoms with E-state index in [4.69, 9.17) is 21.1 Å². The molecule has 152 valence electrons. The lowest BCUT2D eigenvalue weighted by Gasteiger charge is -2.26. The lowest BCUT2D eigenvalue weighted by atomic mass is 10.1. The monoisotopic (exact) mass is 433 g/mol. The summed E-state index contributed by atoms with van der Waals surface area (Å²) in [6, 6.07) is 13.8. The van der Waals surface area contributed by atoms with Gasteiger partial charge in [0.15, 0.2) is 0 Å². The van der Waals surface area contributed by atoms with Crippen molar-refractivity contribution in [2.45, 2.75) is 24.2 Å². The van der Waals surface area contributed by atoms with E-state index in [-0.39, 0.29) is 17.5 Å². The maximum atomic E-state index is 12.6. The third-order valence-electron chi connectivity index (χ3n) is 4.78. The van der Waals surface area contributed by atoms with E-state index in [0.717, 1.165) is 17.1 Å². The van der Waals surface area contributed by atoms with Crippen molar-refractivity contribution >= 4 is 21.6 Å². The second-order valence-corrected chi connectivity index (χ2v) is 8.84. The van der Waals surface area contributed by atoms with Crippen LogP contribution in [0.5, 0.6) is 5.75 Å². The minimum absolute atomic E-state index is 0.159. The maximum Gasteiger partial charge on any atom is 0.240 e. The predicted octanol–water partition coefficient (Wildman–Crippen LogP) is 3.09. The van der Waals surface area contributed by atoms with E-state index in [1.165, 1.54) is 19.2 Å². The van der Waals surface area contributed by atoms with Gasteiger partial charge in [-0.1, -0.05) is 23.7 Å². The fraction of sp³-hybridized carbons (Fsp3) is 0.250. The van der Waals surface area contributed by atoms with Crippen molar-refractivity contribution in [3.05, 3.63) is 65.6 Å². The number of hydrogen-bond acceptors (Lipinski definition) is 5. The topological polar surface area (TPSA) is 82.5 Å². The fourth-order valence-electron chi connectivity index (χ4n) is 3.20. The molecular formula is C20H20ClN3O4S. The van der Waals surface area contributed by atoms with Gasteiger partial charge in [0.25, 0.3) is 0 Å². The SMILES string of the molecule is COc1ccc(S(=O)(=O)NC[C@H]2Cn3c(-c4ccc(Cl)cc4)cnc3CO2)cc1. The van der Waals surface area contributed by atoms with Crippen molar-refractivity contribution in [1.29, 1.82) is 0 Å². The number of nitrogens with one attached hydrogen (secondary N) is 1. The molecule has 0 saturated heterocycles. The largest absolute Gasteiger partial charge is 0.497 e. The molecule has 2 aromatic carbocycles. The Kier molecular flexibility index (Phi) is 5.60. The number of aromatic nitrogens is 2. The lowest BCUT2D eigenvalue weighted by Crippen LogP contribution is -2.38. The Morgan fingerprint density at radius 3 is 2.62 bits per heavy atom. The van der Waals surface area contributed by atoms with Crippen LogP contribution in [0.1, 0.15) is 5.82 Å². The summed E-state index contributed by atoms with van der Waals surface area (Å²) in [4.78, 5) is 4.60. The number of fused-ring (bicyclic) bond motifs is 1. The third kappa shape index (κ3) is 4.30. The Balaban J connectivity index is 1.46. The highest BCUT2D eigenvalue weighted by atomic mass is 35.5. The number of ether oxygens (including phenoxy) is 2. The summed E-state index contributed by atoms with van der Waals surface area (Å²) >= 11 is 5.98. The van der Waals surface area contributed by atoms with Crippen LogP contribution < -0.4 is 9.46 Å². The van der Waals surface area contributed by atoms with Crippen molar-refractivity contribution in [3.63, 3.8) is 0 Å². The first-order valence-corrected chi connectivity index (χ1v) is 10.9. The fourth-order valence-corrected chi connectivity index (χ4v) is 4.39. The molecule has 0 aliphatic carbocycles. The molecule has 7 nitrogen and oxygen atoms in total. The zero-order valence-corrected chi connectivity index (χ0v) is 17.3. The number of nitrogens with zero attached hydrogens (tertiary/aromatic N) is 2. The molecule has 0 saturated carbocycles. The van der Waals surface area contributed by atoms with Crippen molar-refractivity contribution in [1.82, 2.24) is 14.3 Å².